The van der Waals surface area contributed by atoms with E-state index in [2.05, 4.69) is 37.2 Å². The van der Waals surface area contributed by atoms with E-state index in [1.807, 2.05) is 24.4 Å². The first kappa shape index (κ1) is 16.2. The fourth-order valence-electron chi connectivity index (χ4n) is 2.94. The number of benzene rings is 2. The first-order valence-electron chi connectivity index (χ1n) is 7.97. The highest BCUT2D eigenvalue weighted by Crippen LogP contribution is 2.31. The van der Waals surface area contributed by atoms with E-state index in [0.717, 1.165) is 28.0 Å². The molecule has 1 atom stereocenters. The van der Waals surface area contributed by atoms with Crippen molar-refractivity contribution in [3.63, 3.8) is 0 Å². The number of nitrogens with zero attached hydrogens (tertiary/aromatic N) is 4. The van der Waals surface area contributed by atoms with Gasteiger partial charge in [-0.15, -0.1) is 5.10 Å². The first-order valence-corrected chi connectivity index (χ1v) is 8.77. The molecule has 0 amide bonds. The minimum Gasteiger partial charge on any atom is -0.350 e. The summed E-state index contributed by atoms with van der Waals surface area (Å²) in [6, 6.07) is 14.5. The van der Waals surface area contributed by atoms with E-state index in [0.29, 0.717) is 13.2 Å². The molecule has 1 fully saturated rings. The smallest absolute Gasteiger partial charge is 0.177 e. The van der Waals surface area contributed by atoms with E-state index < -0.39 is 0 Å². The number of ether oxygens (including phenoxy) is 1. The molecule has 25 heavy (non-hydrogen) atoms. The van der Waals surface area contributed by atoms with Crippen LogP contribution in [0.15, 0.2) is 59.2 Å². The first-order chi connectivity index (χ1) is 12.2. The molecular formula is C18H16BrFN4O. The lowest BCUT2D eigenvalue weighted by molar-refractivity contribution is 0.110. The van der Waals surface area contributed by atoms with Gasteiger partial charge < -0.3 is 9.64 Å². The third kappa shape index (κ3) is 3.57. The highest BCUT2D eigenvalue weighted by molar-refractivity contribution is 9.10. The van der Waals surface area contributed by atoms with Gasteiger partial charge >= 0.3 is 0 Å². The Balaban J connectivity index is 1.53. The zero-order valence-corrected chi connectivity index (χ0v) is 14.9. The molecule has 0 spiro atoms. The van der Waals surface area contributed by atoms with Crippen molar-refractivity contribution in [2.75, 3.05) is 18.1 Å². The minimum absolute atomic E-state index is 0.250. The Morgan fingerprint density at radius 1 is 1.20 bits per heavy atom. The topological polar surface area (TPSA) is 43.2 Å². The molecular weight excluding hydrogens is 387 g/mol. The van der Waals surface area contributed by atoms with Gasteiger partial charge in [0.25, 0.3) is 0 Å². The summed E-state index contributed by atoms with van der Waals surface area (Å²) in [6.07, 6.45) is 1.59. The van der Waals surface area contributed by atoms with Crippen molar-refractivity contribution in [3.05, 3.63) is 76.3 Å². The van der Waals surface area contributed by atoms with Crippen molar-refractivity contribution in [2.24, 2.45) is 0 Å². The molecule has 2 aromatic carbocycles. The van der Waals surface area contributed by atoms with Gasteiger partial charge in [-0.1, -0.05) is 33.3 Å². The van der Waals surface area contributed by atoms with Gasteiger partial charge in [-0.25, -0.2) is 9.07 Å². The Morgan fingerprint density at radius 3 is 2.84 bits per heavy atom. The second-order valence-corrected chi connectivity index (χ2v) is 6.78. The highest BCUT2D eigenvalue weighted by Gasteiger charge is 2.29. The summed E-state index contributed by atoms with van der Waals surface area (Å²) in [5.41, 5.74) is 2.79. The summed E-state index contributed by atoms with van der Waals surface area (Å²) in [5, 5.41) is 8.48. The second-order valence-electron chi connectivity index (χ2n) is 5.86. The molecule has 4 rings (SSSR count). The van der Waals surface area contributed by atoms with E-state index in [4.69, 9.17) is 4.74 Å². The molecule has 0 N–H and O–H groups in total. The Bertz CT molecular complexity index is 868. The predicted molar refractivity (Wildman–Crippen MR) is 95.7 cm³/mol. The number of halogens is 2. The zero-order valence-electron chi connectivity index (χ0n) is 13.3. The molecule has 0 radical (unpaired) electrons. The SMILES string of the molecule is Fc1ccc(N2CCO[C@H]2c2cn(Cc3cccc(Br)c3)nn2)cc1. The van der Waals surface area contributed by atoms with Crippen LogP contribution in [0.3, 0.4) is 0 Å². The van der Waals surface area contributed by atoms with E-state index in [-0.39, 0.29) is 12.0 Å². The van der Waals surface area contributed by atoms with Gasteiger partial charge in [-0.05, 0) is 42.0 Å². The molecule has 0 aliphatic carbocycles. The van der Waals surface area contributed by atoms with E-state index in [1.165, 1.54) is 12.1 Å². The van der Waals surface area contributed by atoms with Crippen LogP contribution >= 0.6 is 15.9 Å². The average molecular weight is 403 g/mol. The highest BCUT2D eigenvalue weighted by atomic mass is 79.9. The Hall–Kier alpha value is -2.25. The Morgan fingerprint density at radius 2 is 2.04 bits per heavy atom. The summed E-state index contributed by atoms with van der Waals surface area (Å²) >= 11 is 3.47. The number of rotatable bonds is 4. The molecule has 1 aliphatic heterocycles. The minimum atomic E-state index is -0.304. The van der Waals surface area contributed by atoms with E-state index in [1.54, 1.807) is 16.8 Å². The van der Waals surface area contributed by atoms with Crippen LogP contribution in [0.25, 0.3) is 0 Å². The molecule has 1 saturated heterocycles. The van der Waals surface area contributed by atoms with Crippen molar-refractivity contribution in [2.45, 2.75) is 12.8 Å². The van der Waals surface area contributed by atoms with Gasteiger partial charge in [-0.3, -0.25) is 0 Å². The maximum atomic E-state index is 13.2. The molecule has 2 heterocycles. The lowest BCUT2D eigenvalue weighted by atomic mass is 10.2. The summed E-state index contributed by atoms with van der Waals surface area (Å²) in [5.74, 6) is -0.250. The van der Waals surface area contributed by atoms with Crippen LogP contribution in [-0.2, 0) is 11.3 Å². The third-order valence-electron chi connectivity index (χ3n) is 4.09. The van der Waals surface area contributed by atoms with Gasteiger partial charge in [0, 0.05) is 16.7 Å². The lowest BCUT2D eigenvalue weighted by Crippen LogP contribution is -2.23. The van der Waals surface area contributed by atoms with Crippen molar-refractivity contribution in [1.29, 1.82) is 0 Å². The molecule has 5 nitrogen and oxygen atoms in total. The summed E-state index contributed by atoms with van der Waals surface area (Å²) in [6.45, 7) is 1.96. The molecule has 0 unspecified atom stereocenters. The number of hydrogen-bond acceptors (Lipinski definition) is 4. The largest absolute Gasteiger partial charge is 0.350 e. The van der Waals surface area contributed by atoms with Crippen molar-refractivity contribution in [3.8, 4) is 0 Å². The lowest BCUT2D eigenvalue weighted by Gasteiger charge is -2.23. The summed E-state index contributed by atoms with van der Waals surface area (Å²) in [7, 11) is 0. The molecule has 1 aliphatic rings. The van der Waals surface area contributed by atoms with Crippen LogP contribution in [-0.4, -0.2) is 28.1 Å². The quantitative estimate of drug-likeness (QED) is 0.666. The van der Waals surface area contributed by atoms with Crippen LogP contribution in [0.5, 0.6) is 0 Å². The molecule has 0 saturated carbocycles. The maximum Gasteiger partial charge on any atom is 0.177 e. The zero-order chi connectivity index (χ0) is 17.2. The van der Waals surface area contributed by atoms with Crippen molar-refractivity contribution >= 4 is 21.6 Å². The Kier molecular flexibility index (Phi) is 4.50. The fourth-order valence-corrected chi connectivity index (χ4v) is 3.38. The van der Waals surface area contributed by atoms with Gasteiger partial charge in [0.05, 0.1) is 19.3 Å². The van der Waals surface area contributed by atoms with Crippen LogP contribution < -0.4 is 4.90 Å². The number of aromatic nitrogens is 3. The van der Waals surface area contributed by atoms with Crippen LogP contribution in [0.1, 0.15) is 17.5 Å². The fraction of sp³-hybridized carbons (Fsp3) is 0.222. The van der Waals surface area contributed by atoms with Crippen LogP contribution in [0.2, 0.25) is 0 Å². The normalized spacial score (nSPS) is 17.2. The van der Waals surface area contributed by atoms with E-state index in [9.17, 15) is 4.39 Å². The standard InChI is InChI=1S/C18H16BrFN4O/c19-14-3-1-2-13(10-14)11-23-12-17(21-22-23)18-24(8-9-25-18)16-6-4-15(20)5-7-16/h1-7,10,12,18H,8-9,11H2/t18-/m0/s1. The Labute approximate surface area is 153 Å². The van der Waals surface area contributed by atoms with Gasteiger partial charge in [-0.2, -0.15) is 0 Å². The molecule has 1 aromatic heterocycles. The predicted octanol–water partition coefficient (Wildman–Crippen LogP) is 3.76. The maximum absolute atomic E-state index is 13.2. The molecule has 128 valence electrons. The van der Waals surface area contributed by atoms with E-state index >= 15 is 0 Å². The average Bonchev–Trinajstić information content (AvgIpc) is 3.24. The van der Waals surface area contributed by atoms with Crippen molar-refractivity contribution < 1.29 is 9.13 Å². The van der Waals surface area contributed by atoms with Crippen LogP contribution in [0.4, 0.5) is 10.1 Å². The third-order valence-corrected chi connectivity index (χ3v) is 4.59. The van der Waals surface area contributed by atoms with Crippen LogP contribution in [0, 0.1) is 5.82 Å². The molecule has 0 bridgehead atoms. The molecule has 3 aromatic rings. The monoisotopic (exact) mass is 402 g/mol. The summed E-state index contributed by atoms with van der Waals surface area (Å²) in [4.78, 5) is 2.06. The second kappa shape index (κ2) is 6.93. The number of hydrogen-bond donors (Lipinski definition) is 0. The molecule has 7 heteroatoms. The van der Waals surface area contributed by atoms with Gasteiger partial charge in [0.2, 0.25) is 0 Å². The van der Waals surface area contributed by atoms with Crippen molar-refractivity contribution in [1.82, 2.24) is 15.0 Å². The van der Waals surface area contributed by atoms with Gasteiger partial charge in [0.1, 0.15) is 11.5 Å². The number of anilines is 1. The summed E-state index contributed by atoms with van der Waals surface area (Å²) < 4.78 is 21.8. The van der Waals surface area contributed by atoms with Gasteiger partial charge in [0.15, 0.2) is 6.23 Å².